The molecule has 0 aliphatic carbocycles. The van der Waals surface area contributed by atoms with Gasteiger partial charge in [-0.2, -0.15) is 0 Å². The molecule has 0 spiro atoms. The smallest absolute Gasteiger partial charge is 0.272 e. The Morgan fingerprint density at radius 1 is 1.23 bits per heavy atom. The van der Waals surface area contributed by atoms with Crippen LogP contribution in [0.25, 0.3) is 0 Å². The fraction of sp³-hybridized carbons (Fsp3) is 0.700. The predicted molar refractivity (Wildman–Crippen MR) is 154 cm³/mol. The van der Waals surface area contributed by atoms with Crippen LogP contribution in [0.15, 0.2) is 30.3 Å². The van der Waals surface area contributed by atoms with Gasteiger partial charge in [0, 0.05) is 37.0 Å². The van der Waals surface area contributed by atoms with Crippen LogP contribution in [0.2, 0.25) is 0 Å². The third-order valence-electron chi connectivity index (χ3n) is 8.26. The number of carbonyl (C=O) groups is 1. The Labute approximate surface area is 233 Å². The van der Waals surface area contributed by atoms with Crippen LogP contribution in [-0.2, 0) is 4.79 Å². The van der Waals surface area contributed by atoms with Gasteiger partial charge in [-0.1, -0.05) is 57.5 Å². The number of benzene rings is 1. The monoisotopic (exact) mass is 546 g/mol. The molecule has 2 aliphatic rings. The van der Waals surface area contributed by atoms with Crippen LogP contribution in [-0.4, -0.2) is 70.6 Å². The fourth-order valence-corrected chi connectivity index (χ4v) is 6.28. The van der Waals surface area contributed by atoms with Crippen molar-refractivity contribution >= 4 is 17.6 Å². The van der Waals surface area contributed by atoms with Gasteiger partial charge >= 0.3 is 0 Å². The molecule has 9 heteroatoms. The van der Waals surface area contributed by atoms with Gasteiger partial charge in [-0.25, -0.2) is 8.78 Å². The third-order valence-corrected chi connectivity index (χ3v) is 8.26. The number of likely N-dealkylation sites (tertiary alicyclic amines) is 1. The molecule has 5 unspecified atom stereocenters. The van der Waals surface area contributed by atoms with E-state index in [4.69, 9.17) is 10.8 Å². The van der Waals surface area contributed by atoms with E-state index in [1.54, 1.807) is 6.92 Å². The van der Waals surface area contributed by atoms with Crippen molar-refractivity contribution in [1.29, 1.82) is 10.8 Å². The molecule has 2 saturated heterocycles. The molecular weight excluding hydrogens is 498 g/mol. The van der Waals surface area contributed by atoms with E-state index in [1.165, 1.54) is 0 Å². The minimum Gasteiger partial charge on any atom is -0.348 e. The van der Waals surface area contributed by atoms with E-state index in [0.717, 1.165) is 37.8 Å². The number of hydrogen-bond acceptors (Lipinski definition) is 5. The summed E-state index contributed by atoms with van der Waals surface area (Å²) in [6, 6.07) is 8.34. The van der Waals surface area contributed by atoms with E-state index in [-0.39, 0.29) is 36.5 Å². The fourth-order valence-electron chi connectivity index (χ4n) is 6.28. The Hall–Kier alpha value is -2.39. The maximum Gasteiger partial charge on any atom is 0.272 e. The maximum absolute atomic E-state index is 14.5. The van der Waals surface area contributed by atoms with Crippen LogP contribution in [0.4, 0.5) is 8.78 Å². The second-order valence-corrected chi connectivity index (χ2v) is 11.7. The van der Waals surface area contributed by atoms with E-state index in [0.29, 0.717) is 31.1 Å². The molecule has 39 heavy (non-hydrogen) atoms. The number of carbonyl (C=O) groups excluding carboxylic acids is 1. The molecule has 0 saturated carbocycles. The van der Waals surface area contributed by atoms with Crippen LogP contribution in [0.1, 0.15) is 91.2 Å². The van der Waals surface area contributed by atoms with E-state index < -0.39 is 17.9 Å². The Balaban J connectivity index is 1.76. The number of piperidine rings is 2. The zero-order chi connectivity index (χ0) is 28.7. The minimum atomic E-state index is -3.06. The van der Waals surface area contributed by atoms with Gasteiger partial charge < -0.3 is 15.5 Å². The number of nitrogens with one attached hydrogen (secondary N) is 4. The second kappa shape index (κ2) is 13.8. The summed E-state index contributed by atoms with van der Waals surface area (Å²) in [7, 11) is 0. The minimum absolute atomic E-state index is 0.0459. The van der Waals surface area contributed by atoms with Gasteiger partial charge in [0.2, 0.25) is 5.91 Å². The molecule has 1 aromatic rings. The summed E-state index contributed by atoms with van der Waals surface area (Å²) in [6.45, 7) is 11.3. The van der Waals surface area contributed by atoms with E-state index in [1.807, 2.05) is 49.1 Å². The summed E-state index contributed by atoms with van der Waals surface area (Å²) < 4.78 is 29.1. The first-order chi connectivity index (χ1) is 18.5. The highest BCUT2D eigenvalue weighted by molar-refractivity contribution is 5.98. The summed E-state index contributed by atoms with van der Waals surface area (Å²) in [5.41, 5.74) is 0.913. The van der Waals surface area contributed by atoms with Gasteiger partial charge in [0.1, 0.15) is 5.84 Å². The van der Waals surface area contributed by atoms with Crippen LogP contribution in [0, 0.1) is 16.7 Å². The first-order valence-electron chi connectivity index (χ1n) is 14.6. The molecule has 0 bridgehead atoms. The first-order valence-corrected chi connectivity index (χ1v) is 14.6. The van der Waals surface area contributed by atoms with Crippen molar-refractivity contribution < 1.29 is 13.6 Å². The zero-order valence-corrected chi connectivity index (χ0v) is 24.3. The van der Waals surface area contributed by atoms with Crippen LogP contribution in [0.3, 0.4) is 0 Å². The number of halogens is 2. The summed E-state index contributed by atoms with van der Waals surface area (Å²) >= 11 is 0. The highest BCUT2D eigenvalue weighted by atomic mass is 19.3. The van der Waals surface area contributed by atoms with Crippen molar-refractivity contribution in [3.8, 4) is 0 Å². The van der Waals surface area contributed by atoms with Crippen molar-refractivity contribution in [3.05, 3.63) is 35.9 Å². The molecule has 2 fully saturated rings. The summed E-state index contributed by atoms with van der Waals surface area (Å²) in [5.74, 6) is -2.76. The highest BCUT2D eigenvalue weighted by Gasteiger charge is 2.46. The highest BCUT2D eigenvalue weighted by Crippen LogP contribution is 2.32. The van der Waals surface area contributed by atoms with E-state index >= 15 is 0 Å². The van der Waals surface area contributed by atoms with Gasteiger partial charge in [-0.15, -0.1) is 0 Å². The number of rotatable bonds is 10. The molecule has 2 heterocycles. The molecular formula is C30H48F2N6O. The molecule has 4 N–H and O–H groups in total. The lowest BCUT2D eigenvalue weighted by atomic mass is 9.87. The largest absolute Gasteiger partial charge is 0.348 e. The summed E-state index contributed by atoms with van der Waals surface area (Å²) in [5, 5.41) is 22.7. The normalized spacial score (nSPS) is 26.2. The molecule has 0 radical (unpaired) electrons. The van der Waals surface area contributed by atoms with Crippen LogP contribution < -0.4 is 10.6 Å². The third kappa shape index (κ3) is 7.84. The molecule has 7 nitrogen and oxygen atoms in total. The quantitative estimate of drug-likeness (QED) is 0.228. The van der Waals surface area contributed by atoms with Gasteiger partial charge in [-0.05, 0) is 58.1 Å². The number of amides is 1. The number of amidine groups is 2. The lowest BCUT2D eigenvalue weighted by Crippen LogP contribution is -2.58. The first kappa shape index (κ1) is 31.1. The predicted octanol–water partition coefficient (Wildman–Crippen LogP) is 5.58. The van der Waals surface area contributed by atoms with Crippen molar-refractivity contribution in [2.45, 2.75) is 116 Å². The molecule has 5 atom stereocenters. The van der Waals surface area contributed by atoms with Crippen LogP contribution >= 0.6 is 0 Å². The molecule has 1 amide bonds. The van der Waals surface area contributed by atoms with E-state index in [2.05, 4.69) is 29.4 Å². The Bertz CT molecular complexity index is 971. The van der Waals surface area contributed by atoms with Gasteiger partial charge in [0.05, 0.1) is 11.9 Å². The van der Waals surface area contributed by atoms with Gasteiger partial charge in [0.15, 0.2) is 6.04 Å². The Morgan fingerprint density at radius 3 is 2.51 bits per heavy atom. The molecule has 218 valence electrons. The average molecular weight is 547 g/mol. The topological polar surface area (TPSA) is 95.3 Å². The number of hydrogen-bond donors (Lipinski definition) is 4. The van der Waals surface area contributed by atoms with E-state index in [9.17, 15) is 13.6 Å². The van der Waals surface area contributed by atoms with Crippen molar-refractivity contribution in [3.63, 3.8) is 0 Å². The van der Waals surface area contributed by atoms with Gasteiger partial charge in [-0.3, -0.25) is 20.5 Å². The second-order valence-electron chi connectivity index (χ2n) is 11.7. The average Bonchev–Trinajstić information content (AvgIpc) is 2.87. The van der Waals surface area contributed by atoms with Crippen molar-refractivity contribution in [1.82, 2.24) is 20.4 Å². The van der Waals surface area contributed by atoms with Crippen molar-refractivity contribution in [2.24, 2.45) is 5.92 Å². The SMILES string of the molecule is CCCC1CC(N(C(C)=N)C(=N)C(C)C)CC(C)N1CCC(NC(=O)C1NCCCC1(F)F)c1ccccc1. The molecule has 0 aromatic heterocycles. The standard InChI is InChI=1S/C30H48F2N6O/c1-6-11-24-19-25(38(22(5)33)28(34)20(2)3)18-21(4)37(24)17-14-26(23-12-8-7-9-13-23)36-29(39)27-30(31,32)15-10-16-35-27/h7-9,12-13,20-21,24-27,33-35H,6,10-11,14-19H2,1-5H3,(H,36,39). The molecule has 2 aliphatic heterocycles. The lowest BCUT2D eigenvalue weighted by Gasteiger charge is -2.48. The zero-order valence-electron chi connectivity index (χ0n) is 24.3. The summed E-state index contributed by atoms with van der Waals surface area (Å²) in [6.07, 6.45) is 4.42. The Kier molecular flexibility index (Phi) is 11.0. The maximum atomic E-state index is 14.5. The molecule has 3 rings (SSSR count). The molecule has 1 aromatic carbocycles. The number of nitrogens with zero attached hydrogens (tertiary/aromatic N) is 2. The lowest BCUT2D eigenvalue weighted by molar-refractivity contribution is -0.138. The number of alkyl halides is 2. The van der Waals surface area contributed by atoms with Crippen LogP contribution in [0.5, 0.6) is 0 Å². The van der Waals surface area contributed by atoms with Gasteiger partial charge in [0.25, 0.3) is 5.92 Å². The Morgan fingerprint density at radius 2 is 1.92 bits per heavy atom. The van der Waals surface area contributed by atoms with Crippen molar-refractivity contribution in [2.75, 3.05) is 13.1 Å². The summed E-state index contributed by atoms with van der Waals surface area (Å²) in [4.78, 5) is 17.5.